The fourth-order valence-corrected chi connectivity index (χ4v) is 2.15. The van der Waals surface area contributed by atoms with Crippen molar-refractivity contribution < 1.29 is 19.0 Å². The van der Waals surface area contributed by atoms with Crippen LogP contribution in [0.2, 0.25) is 0 Å². The molecule has 0 amide bonds. The van der Waals surface area contributed by atoms with Gasteiger partial charge in [-0.15, -0.1) is 0 Å². The van der Waals surface area contributed by atoms with Crippen LogP contribution < -0.4 is 0 Å². The molecule has 18 heavy (non-hydrogen) atoms. The molecule has 1 aromatic carbocycles. The standard InChI is InChI=1S/C13H15FO3S/c1-17-6-7-18-9-10-2-4-12(14)11(8-10)3-5-13(15)16/h2-5,8H,6-7,9H2,1H3,(H,15,16). The Morgan fingerprint density at radius 3 is 3.00 bits per heavy atom. The van der Waals surface area contributed by atoms with E-state index in [0.717, 1.165) is 23.1 Å². The SMILES string of the molecule is COCCSCc1ccc(F)c(C=CC(=O)O)c1. The number of hydrogen-bond acceptors (Lipinski definition) is 3. The Bertz CT molecular complexity index is 432. The lowest BCUT2D eigenvalue weighted by Gasteiger charge is -2.04. The highest BCUT2D eigenvalue weighted by Gasteiger charge is 2.02. The van der Waals surface area contributed by atoms with Gasteiger partial charge in [0, 0.05) is 30.3 Å². The van der Waals surface area contributed by atoms with E-state index < -0.39 is 11.8 Å². The fourth-order valence-electron chi connectivity index (χ4n) is 1.30. The van der Waals surface area contributed by atoms with E-state index in [1.54, 1.807) is 31.0 Å². The molecule has 0 aliphatic heterocycles. The van der Waals surface area contributed by atoms with Crippen LogP contribution in [0.3, 0.4) is 0 Å². The Morgan fingerprint density at radius 2 is 2.33 bits per heavy atom. The van der Waals surface area contributed by atoms with Gasteiger partial charge in [0.25, 0.3) is 0 Å². The van der Waals surface area contributed by atoms with Gasteiger partial charge in [0.2, 0.25) is 0 Å². The van der Waals surface area contributed by atoms with E-state index in [9.17, 15) is 9.18 Å². The second-order valence-electron chi connectivity index (χ2n) is 3.57. The molecule has 5 heteroatoms. The number of carboxylic acid groups (broad SMARTS) is 1. The Labute approximate surface area is 110 Å². The predicted molar refractivity (Wildman–Crippen MR) is 71.1 cm³/mol. The molecule has 0 atom stereocenters. The Hall–Kier alpha value is -1.33. The first kappa shape index (κ1) is 14.7. The number of carbonyl (C=O) groups is 1. The van der Waals surface area contributed by atoms with Gasteiger partial charge in [0.1, 0.15) is 5.82 Å². The van der Waals surface area contributed by atoms with E-state index in [0.29, 0.717) is 12.2 Å². The van der Waals surface area contributed by atoms with Gasteiger partial charge in [-0.1, -0.05) is 6.07 Å². The Kier molecular flexibility index (Phi) is 6.46. The molecule has 0 unspecified atom stereocenters. The van der Waals surface area contributed by atoms with Crippen molar-refractivity contribution in [2.45, 2.75) is 5.75 Å². The Morgan fingerprint density at radius 1 is 1.56 bits per heavy atom. The summed E-state index contributed by atoms with van der Waals surface area (Å²) in [5.41, 5.74) is 1.25. The molecule has 0 saturated heterocycles. The minimum atomic E-state index is -1.09. The minimum Gasteiger partial charge on any atom is -0.478 e. The molecule has 1 rings (SSSR count). The number of methoxy groups -OCH3 is 1. The summed E-state index contributed by atoms with van der Waals surface area (Å²) >= 11 is 1.68. The van der Waals surface area contributed by atoms with Crippen LogP contribution in [-0.2, 0) is 15.3 Å². The van der Waals surface area contributed by atoms with Crippen LogP contribution in [0.5, 0.6) is 0 Å². The molecule has 0 spiro atoms. The summed E-state index contributed by atoms with van der Waals surface area (Å²) in [6.07, 6.45) is 2.20. The molecule has 0 fully saturated rings. The van der Waals surface area contributed by atoms with E-state index in [2.05, 4.69) is 0 Å². The third kappa shape index (κ3) is 5.33. The van der Waals surface area contributed by atoms with E-state index in [4.69, 9.17) is 9.84 Å². The van der Waals surface area contributed by atoms with Crippen molar-refractivity contribution in [3.05, 3.63) is 41.2 Å². The maximum absolute atomic E-state index is 13.4. The number of aliphatic carboxylic acids is 1. The lowest BCUT2D eigenvalue weighted by Crippen LogP contribution is -1.93. The summed E-state index contributed by atoms with van der Waals surface area (Å²) in [5, 5.41) is 8.51. The summed E-state index contributed by atoms with van der Waals surface area (Å²) < 4.78 is 18.3. The van der Waals surface area contributed by atoms with Gasteiger partial charge in [-0.2, -0.15) is 11.8 Å². The Balaban J connectivity index is 2.65. The van der Waals surface area contributed by atoms with Crippen LogP contribution in [0.1, 0.15) is 11.1 Å². The topological polar surface area (TPSA) is 46.5 Å². The fraction of sp³-hybridized carbons (Fsp3) is 0.308. The summed E-state index contributed by atoms with van der Waals surface area (Å²) in [5.74, 6) is 0.110. The van der Waals surface area contributed by atoms with Crippen LogP contribution in [0.15, 0.2) is 24.3 Å². The lowest BCUT2D eigenvalue weighted by atomic mass is 10.1. The number of carboxylic acids is 1. The number of hydrogen-bond donors (Lipinski definition) is 1. The molecule has 0 radical (unpaired) electrons. The van der Waals surface area contributed by atoms with Crippen molar-refractivity contribution in [1.82, 2.24) is 0 Å². The average molecular weight is 270 g/mol. The lowest BCUT2D eigenvalue weighted by molar-refractivity contribution is -0.131. The molecule has 0 bridgehead atoms. The molecule has 0 aliphatic rings. The zero-order chi connectivity index (χ0) is 13.4. The van der Waals surface area contributed by atoms with Crippen LogP contribution in [0.25, 0.3) is 6.08 Å². The van der Waals surface area contributed by atoms with Gasteiger partial charge in [-0.3, -0.25) is 0 Å². The van der Waals surface area contributed by atoms with Crippen LogP contribution in [0, 0.1) is 5.82 Å². The van der Waals surface area contributed by atoms with Crippen molar-refractivity contribution in [2.75, 3.05) is 19.5 Å². The summed E-state index contributed by atoms with van der Waals surface area (Å²) in [6.45, 7) is 0.678. The van der Waals surface area contributed by atoms with Crippen molar-refractivity contribution in [3.63, 3.8) is 0 Å². The summed E-state index contributed by atoms with van der Waals surface area (Å²) in [4.78, 5) is 10.4. The highest BCUT2D eigenvalue weighted by molar-refractivity contribution is 7.98. The first-order valence-corrected chi connectivity index (χ1v) is 6.55. The predicted octanol–water partition coefficient (Wildman–Crippen LogP) is 2.80. The van der Waals surface area contributed by atoms with Crippen LogP contribution in [0.4, 0.5) is 4.39 Å². The largest absolute Gasteiger partial charge is 0.478 e. The molecule has 1 N–H and O–H groups in total. The maximum atomic E-state index is 13.4. The van der Waals surface area contributed by atoms with Crippen molar-refractivity contribution in [1.29, 1.82) is 0 Å². The number of rotatable bonds is 7. The quantitative estimate of drug-likeness (QED) is 0.611. The van der Waals surface area contributed by atoms with Crippen LogP contribution >= 0.6 is 11.8 Å². The monoisotopic (exact) mass is 270 g/mol. The maximum Gasteiger partial charge on any atom is 0.328 e. The van der Waals surface area contributed by atoms with Gasteiger partial charge in [0.05, 0.1) is 6.61 Å². The molecule has 0 heterocycles. The van der Waals surface area contributed by atoms with Gasteiger partial charge in [0.15, 0.2) is 0 Å². The van der Waals surface area contributed by atoms with Gasteiger partial charge in [-0.25, -0.2) is 9.18 Å². The zero-order valence-corrected chi connectivity index (χ0v) is 10.9. The third-order valence-corrected chi connectivity index (χ3v) is 3.16. The van der Waals surface area contributed by atoms with Gasteiger partial charge >= 0.3 is 5.97 Å². The molecular weight excluding hydrogens is 255 g/mol. The molecule has 0 saturated carbocycles. The highest BCUT2D eigenvalue weighted by Crippen LogP contribution is 2.17. The number of thioether (sulfide) groups is 1. The first-order chi connectivity index (χ1) is 8.63. The third-order valence-electron chi connectivity index (χ3n) is 2.17. The zero-order valence-electron chi connectivity index (χ0n) is 10.1. The first-order valence-electron chi connectivity index (χ1n) is 5.39. The second-order valence-corrected chi connectivity index (χ2v) is 4.68. The normalized spacial score (nSPS) is 11.0. The number of halogens is 1. The molecule has 0 aliphatic carbocycles. The van der Waals surface area contributed by atoms with E-state index in [-0.39, 0.29) is 0 Å². The highest BCUT2D eigenvalue weighted by atomic mass is 32.2. The molecule has 0 aromatic heterocycles. The summed E-state index contributed by atoms with van der Waals surface area (Å²) in [7, 11) is 1.65. The van der Waals surface area contributed by atoms with Crippen molar-refractivity contribution in [2.24, 2.45) is 0 Å². The number of ether oxygens (including phenoxy) is 1. The molecule has 3 nitrogen and oxygen atoms in total. The smallest absolute Gasteiger partial charge is 0.328 e. The van der Waals surface area contributed by atoms with E-state index >= 15 is 0 Å². The molecular formula is C13H15FO3S. The van der Waals surface area contributed by atoms with Crippen LogP contribution in [-0.4, -0.2) is 30.5 Å². The summed E-state index contributed by atoms with van der Waals surface area (Å²) in [6, 6.07) is 4.72. The van der Waals surface area contributed by atoms with Gasteiger partial charge < -0.3 is 9.84 Å². The molecule has 98 valence electrons. The van der Waals surface area contributed by atoms with E-state index in [1.165, 1.54) is 12.1 Å². The second kappa shape index (κ2) is 7.89. The minimum absolute atomic E-state index is 0.294. The van der Waals surface area contributed by atoms with Crippen molar-refractivity contribution in [3.8, 4) is 0 Å². The average Bonchev–Trinajstić information content (AvgIpc) is 2.34. The molecule has 1 aromatic rings. The number of benzene rings is 1. The van der Waals surface area contributed by atoms with Crippen molar-refractivity contribution >= 4 is 23.8 Å². The van der Waals surface area contributed by atoms with E-state index in [1.807, 2.05) is 0 Å². The van der Waals surface area contributed by atoms with Gasteiger partial charge in [-0.05, 0) is 23.8 Å².